The van der Waals surface area contributed by atoms with Gasteiger partial charge in [-0.15, -0.1) is 0 Å². The average molecular weight is 582 g/mol. The van der Waals surface area contributed by atoms with Gasteiger partial charge in [-0.2, -0.15) is 0 Å². The summed E-state index contributed by atoms with van der Waals surface area (Å²) in [6.45, 7) is 1.15. The number of amides is 1. The molecule has 3 aromatic heterocycles. The molecule has 0 aliphatic carbocycles. The lowest BCUT2D eigenvalue weighted by Crippen LogP contribution is -2.31. The molecule has 1 amide bonds. The van der Waals surface area contributed by atoms with Gasteiger partial charge in [-0.05, 0) is 35.9 Å². The van der Waals surface area contributed by atoms with Crippen molar-refractivity contribution in [3.8, 4) is 23.0 Å². The van der Waals surface area contributed by atoms with Crippen LogP contribution in [0.2, 0.25) is 0 Å². The van der Waals surface area contributed by atoms with Crippen LogP contribution in [0.3, 0.4) is 0 Å². The second kappa shape index (κ2) is 13.5. The number of nitrogens with one attached hydrogen (secondary N) is 2. The molecule has 0 aliphatic rings. The van der Waals surface area contributed by atoms with Crippen molar-refractivity contribution in [2.45, 2.75) is 6.54 Å². The van der Waals surface area contributed by atoms with E-state index in [2.05, 4.69) is 20.6 Å². The summed E-state index contributed by atoms with van der Waals surface area (Å²) in [6.07, 6.45) is 4.79. The lowest BCUT2D eigenvalue weighted by molar-refractivity contribution is 0.102. The molecule has 0 saturated heterocycles. The second-order valence-electron chi connectivity index (χ2n) is 9.41. The fourth-order valence-electron chi connectivity index (χ4n) is 4.49. The van der Waals surface area contributed by atoms with E-state index in [4.69, 9.17) is 18.9 Å². The van der Waals surface area contributed by atoms with E-state index in [-0.39, 0.29) is 11.4 Å². The van der Waals surface area contributed by atoms with Gasteiger partial charge in [0.05, 0.1) is 44.8 Å². The highest BCUT2D eigenvalue weighted by atomic mass is 16.5. The molecule has 0 bridgehead atoms. The Labute approximate surface area is 248 Å². The first-order valence-corrected chi connectivity index (χ1v) is 13.5. The highest BCUT2D eigenvalue weighted by molar-refractivity contribution is 6.07. The predicted octanol–water partition coefficient (Wildman–Crippen LogP) is 4.96. The molecular weight excluding hydrogens is 550 g/mol. The zero-order valence-electron chi connectivity index (χ0n) is 24.0. The maximum atomic E-state index is 13.5. The summed E-state index contributed by atoms with van der Waals surface area (Å²) >= 11 is 0. The van der Waals surface area contributed by atoms with Gasteiger partial charge in [-0.1, -0.05) is 30.3 Å². The molecule has 0 saturated carbocycles. The van der Waals surface area contributed by atoms with Gasteiger partial charge in [0.15, 0.2) is 11.5 Å². The number of benzene rings is 2. The smallest absolute Gasteiger partial charge is 0.265 e. The van der Waals surface area contributed by atoms with Crippen LogP contribution in [0.1, 0.15) is 15.9 Å². The number of methoxy groups -OCH3 is 3. The number of aromatic nitrogens is 3. The molecule has 0 radical (unpaired) electrons. The number of carbonyl (C=O) groups is 1. The minimum Gasteiger partial charge on any atom is -0.493 e. The van der Waals surface area contributed by atoms with Crippen LogP contribution in [0.4, 0.5) is 11.5 Å². The van der Waals surface area contributed by atoms with Crippen LogP contribution in [0.5, 0.6) is 23.0 Å². The van der Waals surface area contributed by atoms with E-state index in [1.165, 1.54) is 10.8 Å². The van der Waals surface area contributed by atoms with Gasteiger partial charge in [-0.3, -0.25) is 14.6 Å². The largest absolute Gasteiger partial charge is 0.493 e. The summed E-state index contributed by atoms with van der Waals surface area (Å²) in [4.78, 5) is 35.6. The van der Waals surface area contributed by atoms with Gasteiger partial charge < -0.3 is 34.1 Å². The van der Waals surface area contributed by atoms with Crippen LogP contribution < -0.4 is 30.4 Å². The van der Waals surface area contributed by atoms with E-state index < -0.39 is 11.5 Å². The fourth-order valence-corrected chi connectivity index (χ4v) is 4.49. The highest BCUT2D eigenvalue weighted by Gasteiger charge is 2.19. The van der Waals surface area contributed by atoms with Crippen molar-refractivity contribution in [1.82, 2.24) is 14.5 Å². The van der Waals surface area contributed by atoms with Crippen molar-refractivity contribution in [3.63, 3.8) is 0 Å². The minimum absolute atomic E-state index is 0.0238. The number of fused-ring (bicyclic) bond motifs is 1. The van der Waals surface area contributed by atoms with Crippen molar-refractivity contribution in [2.75, 3.05) is 45.1 Å². The van der Waals surface area contributed by atoms with E-state index in [9.17, 15) is 9.59 Å². The van der Waals surface area contributed by atoms with Gasteiger partial charge in [0.1, 0.15) is 22.9 Å². The minimum atomic E-state index is -0.588. The number of rotatable bonds is 12. The Morgan fingerprint density at radius 2 is 1.70 bits per heavy atom. The lowest BCUT2D eigenvalue weighted by Gasteiger charge is -2.15. The maximum Gasteiger partial charge on any atom is 0.265 e. The van der Waals surface area contributed by atoms with E-state index in [1.54, 1.807) is 70.1 Å². The Morgan fingerprint density at radius 1 is 0.907 bits per heavy atom. The van der Waals surface area contributed by atoms with Gasteiger partial charge in [0.2, 0.25) is 0 Å². The Hall–Kier alpha value is -5.42. The molecule has 0 atom stereocenters. The van der Waals surface area contributed by atoms with Gasteiger partial charge in [0.25, 0.3) is 11.5 Å². The zero-order valence-corrected chi connectivity index (χ0v) is 24.0. The second-order valence-corrected chi connectivity index (χ2v) is 9.41. The molecule has 43 heavy (non-hydrogen) atoms. The van der Waals surface area contributed by atoms with Gasteiger partial charge in [0, 0.05) is 37.5 Å². The first-order valence-electron chi connectivity index (χ1n) is 13.5. The molecule has 0 unspecified atom stereocenters. The van der Waals surface area contributed by atoms with Crippen molar-refractivity contribution in [2.24, 2.45) is 0 Å². The third kappa shape index (κ3) is 6.74. The van der Waals surface area contributed by atoms with Crippen molar-refractivity contribution in [3.05, 3.63) is 107 Å². The molecule has 0 spiro atoms. The Bertz CT molecular complexity index is 1770. The number of anilines is 2. The molecule has 11 heteroatoms. The summed E-state index contributed by atoms with van der Waals surface area (Å²) in [5, 5.41) is 6.58. The Balaban J connectivity index is 1.37. The number of hydrogen-bond acceptors (Lipinski definition) is 9. The maximum absolute atomic E-state index is 13.5. The summed E-state index contributed by atoms with van der Waals surface area (Å²) in [5.74, 6) is 1.75. The summed E-state index contributed by atoms with van der Waals surface area (Å²) in [5.41, 5.74) is 1.56. The number of carbonyl (C=O) groups excluding carboxylic acids is 1. The standard InChI is InChI=1S/C32H31N5O6/c1-40-16-14-34-24-12-15-37(20-21-7-5-4-6-8-21)32(39)30(24)31(38)36-29-10-9-22(19-35-29)43-26-11-13-33-25-18-28(42-3)27(41-2)17-23(25)26/h4-13,15,17-19,34H,14,16,20H2,1-3H3,(H,35,36,38). The highest BCUT2D eigenvalue weighted by Crippen LogP contribution is 2.36. The molecule has 11 nitrogen and oxygen atoms in total. The molecule has 220 valence electrons. The predicted molar refractivity (Wildman–Crippen MR) is 164 cm³/mol. The van der Waals surface area contributed by atoms with Gasteiger partial charge >= 0.3 is 0 Å². The molecule has 0 fully saturated rings. The van der Waals surface area contributed by atoms with Gasteiger partial charge in [-0.25, -0.2) is 4.98 Å². The average Bonchev–Trinajstić information content (AvgIpc) is 3.03. The van der Waals surface area contributed by atoms with E-state index >= 15 is 0 Å². The fraction of sp³-hybridized carbons (Fsp3) is 0.188. The molecule has 5 rings (SSSR count). The molecule has 5 aromatic rings. The summed E-state index contributed by atoms with van der Waals surface area (Å²) in [7, 11) is 4.70. The van der Waals surface area contributed by atoms with Crippen LogP contribution in [0, 0.1) is 0 Å². The molecule has 2 N–H and O–H groups in total. The monoisotopic (exact) mass is 581 g/mol. The lowest BCUT2D eigenvalue weighted by atomic mass is 10.1. The normalized spacial score (nSPS) is 10.8. The molecule has 3 heterocycles. The Morgan fingerprint density at radius 3 is 2.42 bits per heavy atom. The number of ether oxygens (including phenoxy) is 4. The zero-order chi connectivity index (χ0) is 30.2. The van der Waals surface area contributed by atoms with Crippen molar-refractivity contribution >= 4 is 28.3 Å². The first-order chi connectivity index (χ1) is 21.0. The third-order valence-electron chi connectivity index (χ3n) is 6.62. The number of hydrogen-bond donors (Lipinski definition) is 2. The molecule has 2 aromatic carbocycles. The summed E-state index contributed by atoms with van der Waals surface area (Å²) in [6, 6.07) is 19.8. The number of pyridine rings is 3. The topological polar surface area (TPSA) is 126 Å². The number of nitrogens with zero attached hydrogens (tertiary/aromatic N) is 3. The summed E-state index contributed by atoms with van der Waals surface area (Å²) < 4.78 is 23.5. The van der Waals surface area contributed by atoms with Crippen LogP contribution in [-0.4, -0.2) is 54.9 Å². The van der Waals surface area contributed by atoms with E-state index in [0.717, 1.165) is 10.9 Å². The molecular formula is C32H31N5O6. The van der Waals surface area contributed by atoms with E-state index in [0.29, 0.717) is 53.9 Å². The van der Waals surface area contributed by atoms with Crippen LogP contribution >= 0.6 is 0 Å². The Kier molecular flexibility index (Phi) is 9.13. The molecule has 0 aliphatic heterocycles. The van der Waals surface area contributed by atoms with Crippen molar-refractivity contribution in [1.29, 1.82) is 0 Å². The first kappa shape index (κ1) is 29.1. The van der Waals surface area contributed by atoms with Crippen LogP contribution in [0.25, 0.3) is 10.9 Å². The quantitative estimate of drug-likeness (QED) is 0.197. The SMILES string of the molecule is COCCNc1ccn(Cc2ccccc2)c(=O)c1C(=O)Nc1ccc(Oc2ccnc3cc(OC)c(OC)cc23)cn1. The van der Waals surface area contributed by atoms with E-state index in [1.807, 2.05) is 30.3 Å². The van der Waals surface area contributed by atoms with Crippen LogP contribution in [-0.2, 0) is 11.3 Å². The van der Waals surface area contributed by atoms with Crippen molar-refractivity contribution < 1.29 is 23.7 Å². The van der Waals surface area contributed by atoms with Crippen LogP contribution in [0.15, 0.2) is 90.1 Å². The third-order valence-corrected chi connectivity index (χ3v) is 6.62.